The Morgan fingerprint density at radius 3 is 2.52 bits per heavy atom. The molecular weight excluding hydrogens is 368 g/mol. The van der Waals surface area contributed by atoms with Gasteiger partial charge in [0.15, 0.2) is 21.3 Å². The highest BCUT2D eigenvalue weighted by Crippen LogP contribution is 2.20. The zero-order valence-electron chi connectivity index (χ0n) is 15.3. The number of hydrogen-bond acceptors (Lipinski definition) is 7. The van der Waals surface area contributed by atoms with E-state index in [9.17, 15) is 13.2 Å². The standard InChI is InChI=1S/C18H22N4O4S/c1-3-26-15-6-4-13(5-7-15)19-17-9-8-16(20-21-17)18(23)22(2)14-10-11-27(24,25)12-14/h4-9,14H,3,10-12H2,1-2H3,(H,19,21). The number of aromatic nitrogens is 2. The van der Waals surface area contributed by atoms with Crippen molar-refractivity contribution < 1.29 is 17.9 Å². The molecule has 0 spiro atoms. The fourth-order valence-corrected chi connectivity index (χ4v) is 4.66. The Balaban J connectivity index is 1.63. The lowest BCUT2D eigenvalue weighted by molar-refractivity contribution is 0.0740. The molecule has 9 heteroatoms. The van der Waals surface area contributed by atoms with Gasteiger partial charge in [-0.2, -0.15) is 0 Å². The van der Waals surface area contributed by atoms with Gasteiger partial charge in [-0.25, -0.2) is 8.42 Å². The number of benzene rings is 1. The minimum Gasteiger partial charge on any atom is -0.494 e. The van der Waals surface area contributed by atoms with Crippen LogP contribution in [0.3, 0.4) is 0 Å². The molecule has 1 N–H and O–H groups in total. The minimum atomic E-state index is -3.05. The van der Waals surface area contributed by atoms with Gasteiger partial charge in [0.1, 0.15) is 5.75 Å². The number of ether oxygens (including phenoxy) is 1. The van der Waals surface area contributed by atoms with Gasteiger partial charge in [-0.15, -0.1) is 10.2 Å². The lowest BCUT2D eigenvalue weighted by atomic mass is 10.2. The van der Waals surface area contributed by atoms with E-state index >= 15 is 0 Å². The van der Waals surface area contributed by atoms with Gasteiger partial charge < -0.3 is 15.0 Å². The molecule has 1 aromatic heterocycles. The van der Waals surface area contributed by atoms with E-state index < -0.39 is 9.84 Å². The van der Waals surface area contributed by atoms with Crippen molar-refractivity contribution in [3.8, 4) is 5.75 Å². The van der Waals surface area contributed by atoms with E-state index in [0.29, 0.717) is 18.8 Å². The van der Waals surface area contributed by atoms with Crippen molar-refractivity contribution >= 4 is 27.2 Å². The van der Waals surface area contributed by atoms with E-state index in [1.807, 2.05) is 31.2 Å². The third-order valence-corrected chi connectivity index (χ3v) is 6.15. The van der Waals surface area contributed by atoms with Crippen LogP contribution in [0.25, 0.3) is 0 Å². The zero-order chi connectivity index (χ0) is 19.4. The van der Waals surface area contributed by atoms with Gasteiger partial charge in [0, 0.05) is 18.8 Å². The van der Waals surface area contributed by atoms with Gasteiger partial charge >= 0.3 is 0 Å². The fraction of sp³-hybridized carbons (Fsp3) is 0.389. The summed E-state index contributed by atoms with van der Waals surface area (Å²) in [6.07, 6.45) is 0.454. The summed E-state index contributed by atoms with van der Waals surface area (Å²) in [7, 11) is -1.45. The monoisotopic (exact) mass is 390 g/mol. The van der Waals surface area contributed by atoms with E-state index in [1.54, 1.807) is 19.2 Å². The van der Waals surface area contributed by atoms with E-state index in [0.717, 1.165) is 11.4 Å². The predicted molar refractivity (Wildman–Crippen MR) is 102 cm³/mol. The molecule has 144 valence electrons. The van der Waals surface area contributed by atoms with Crippen molar-refractivity contribution in [2.45, 2.75) is 19.4 Å². The second kappa shape index (κ2) is 7.91. The SMILES string of the molecule is CCOc1ccc(Nc2ccc(C(=O)N(C)C3CCS(=O)(=O)C3)nn2)cc1. The number of hydrogen-bond donors (Lipinski definition) is 1. The molecule has 8 nitrogen and oxygen atoms in total. The summed E-state index contributed by atoms with van der Waals surface area (Å²) in [4.78, 5) is 13.9. The second-order valence-corrected chi connectivity index (χ2v) is 8.59. The van der Waals surface area contributed by atoms with Crippen LogP contribution >= 0.6 is 0 Å². The van der Waals surface area contributed by atoms with Gasteiger partial charge in [0.05, 0.1) is 18.1 Å². The number of rotatable bonds is 6. The summed E-state index contributed by atoms with van der Waals surface area (Å²) in [5.74, 6) is 1.07. The van der Waals surface area contributed by atoms with Crippen molar-refractivity contribution in [1.29, 1.82) is 0 Å². The molecule has 1 saturated heterocycles. The highest BCUT2D eigenvalue weighted by atomic mass is 32.2. The smallest absolute Gasteiger partial charge is 0.274 e. The highest BCUT2D eigenvalue weighted by molar-refractivity contribution is 7.91. The highest BCUT2D eigenvalue weighted by Gasteiger charge is 2.33. The summed E-state index contributed by atoms with van der Waals surface area (Å²) in [6, 6.07) is 10.3. The van der Waals surface area contributed by atoms with Crippen LogP contribution in [0, 0.1) is 0 Å². The summed E-state index contributed by atoms with van der Waals surface area (Å²) >= 11 is 0. The van der Waals surface area contributed by atoms with Gasteiger partial charge in [-0.3, -0.25) is 4.79 Å². The van der Waals surface area contributed by atoms with E-state index in [4.69, 9.17) is 4.74 Å². The average molecular weight is 390 g/mol. The van der Waals surface area contributed by atoms with Crippen LogP contribution in [-0.2, 0) is 9.84 Å². The predicted octanol–water partition coefficient (Wildman–Crippen LogP) is 1.88. The molecule has 1 amide bonds. The molecule has 1 atom stereocenters. The first kappa shape index (κ1) is 19.1. The number of carbonyl (C=O) groups excluding carboxylic acids is 1. The van der Waals surface area contributed by atoms with Crippen molar-refractivity contribution in [1.82, 2.24) is 15.1 Å². The second-order valence-electron chi connectivity index (χ2n) is 6.36. The maximum Gasteiger partial charge on any atom is 0.274 e. The van der Waals surface area contributed by atoms with Crippen molar-refractivity contribution in [2.24, 2.45) is 0 Å². The molecule has 1 fully saturated rings. The molecule has 1 aliphatic heterocycles. The van der Waals surface area contributed by atoms with Crippen molar-refractivity contribution in [3.63, 3.8) is 0 Å². The summed E-state index contributed by atoms with van der Waals surface area (Å²) in [5.41, 5.74) is 0.999. The van der Waals surface area contributed by atoms with Crippen molar-refractivity contribution in [2.75, 3.05) is 30.5 Å². The first-order chi connectivity index (χ1) is 12.9. The normalized spacial score (nSPS) is 18.1. The molecule has 0 bridgehead atoms. The Morgan fingerprint density at radius 1 is 1.22 bits per heavy atom. The van der Waals surface area contributed by atoms with Crippen LogP contribution in [0.5, 0.6) is 5.75 Å². The Labute approximate surface area is 158 Å². The van der Waals surface area contributed by atoms with E-state index in [-0.39, 0.29) is 29.1 Å². The maximum atomic E-state index is 12.5. The lowest BCUT2D eigenvalue weighted by Crippen LogP contribution is -2.38. The van der Waals surface area contributed by atoms with Gasteiger partial charge in [-0.1, -0.05) is 0 Å². The maximum absolute atomic E-state index is 12.5. The molecule has 2 aromatic rings. The largest absolute Gasteiger partial charge is 0.494 e. The zero-order valence-corrected chi connectivity index (χ0v) is 16.1. The molecular formula is C18H22N4O4S. The molecule has 0 radical (unpaired) electrons. The Morgan fingerprint density at radius 2 is 1.96 bits per heavy atom. The van der Waals surface area contributed by atoms with Gasteiger partial charge in [-0.05, 0) is 49.7 Å². The van der Waals surface area contributed by atoms with Gasteiger partial charge in [0.2, 0.25) is 0 Å². The topological polar surface area (TPSA) is 101 Å². The van der Waals surface area contributed by atoms with E-state index in [2.05, 4.69) is 15.5 Å². The number of sulfone groups is 1. The Kier molecular flexibility index (Phi) is 5.59. The Bertz CT molecular complexity index is 898. The lowest BCUT2D eigenvalue weighted by Gasteiger charge is -2.22. The number of carbonyl (C=O) groups is 1. The van der Waals surface area contributed by atoms with Crippen LogP contribution in [0.2, 0.25) is 0 Å². The fourth-order valence-electron chi connectivity index (χ4n) is 2.89. The van der Waals surface area contributed by atoms with Crippen LogP contribution in [0.1, 0.15) is 23.8 Å². The quantitative estimate of drug-likeness (QED) is 0.803. The summed E-state index contributed by atoms with van der Waals surface area (Å²) in [5, 5.41) is 11.1. The first-order valence-electron chi connectivity index (χ1n) is 8.69. The summed E-state index contributed by atoms with van der Waals surface area (Å²) in [6.45, 7) is 2.53. The molecule has 0 aliphatic carbocycles. The van der Waals surface area contributed by atoms with Crippen LogP contribution in [-0.4, -0.2) is 60.6 Å². The number of amides is 1. The third kappa shape index (κ3) is 4.73. The van der Waals surface area contributed by atoms with Crippen LogP contribution < -0.4 is 10.1 Å². The molecule has 2 heterocycles. The van der Waals surface area contributed by atoms with E-state index in [1.165, 1.54) is 4.90 Å². The first-order valence-corrected chi connectivity index (χ1v) is 10.5. The number of anilines is 2. The van der Waals surface area contributed by atoms with Gasteiger partial charge in [0.25, 0.3) is 5.91 Å². The molecule has 0 saturated carbocycles. The number of nitrogens with one attached hydrogen (secondary N) is 1. The Hall–Kier alpha value is -2.68. The summed E-state index contributed by atoms with van der Waals surface area (Å²) < 4.78 is 28.6. The minimum absolute atomic E-state index is 0.0000482. The van der Waals surface area contributed by atoms with Crippen LogP contribution in [0.15, 0.2) is 36.4 Å². The number of nitrogens with zero attached hydrogens (tertiary/aromatic N) is 3. The average Bonchev–Trinajstić information content (AvgIpc) is 3.03. The molecule has 27 heavy (non-hydrogen) atoms. The molecule has 1 aliphatic rings. The van der Waals surface area contributed by atoms with Crippen LogP contribution in [0.4, 0.5) is 11.5 Å². The molecule has 1 aromatic carbocycles. The van der Waals surface area contributed by atoms with Crippen molar-refractivity contribution in [3.05, 3.63) is 42.1 Å². The molecule has 3 rings (SSSR count). The molecule has 1 unspecified atom stereocenters. The third-order valence-electron chi connectivity index (χ3n) is 4.40.